The van der Waals surface area contributed by atoms with Gasteiger partial charge in [0.2, 0.25) is 0 Å². The molecule has 1 aromatic rings. The van der Waals surface area contributed by atoms with E-state index in [0.717, 1.165) is 10.6 Å². The molecular weight excluding hydrogens is 158 g/mol. The van der Waals surface area contributed by atoms with Crippen molar-refractivity contribution in [2.75, 3.05) is 0 Å². The summed E-state index contributed by atoms with van der Waals surface area (Å²) in [6.07, 6.45) is 2.17. The largest absolute Gasteiger partial charge is 0.388 e. The Hall–Kier alpha value is -0.410. The SMILES string of the molecule is C[C@@H](O)c1scnc1C1CC1. The second-order valence-electron chi connectivity index (χ2n) is 3.05. The Balaban J connectivity index is 2.30. The Labute approximate surface area is 69.9 Å². The topological polar surface area (TPSA) is 33.1 Å². The van der Waals surface area contributed by atoms with E-state index in [1.54, 1.807) is 18.3 Å². The maximum absolute atomic E-state index is 9.34. The fourth-order valence-corrected chi connectivity index (χ4v) is 2.06. The molecule has 60 valence electrons. The maximum Gasteiger partial charge on any atom is 0.0872 e. The predicted octanol–water partition coefficient (Wildman–Crippen LogP) is 2.07. The van der Waals surface area contributed by atoms with Gasteiger partial charge in [0.1, 0.15) is 0 Å². The smallest absolute Gasteiger partial charge is 0.0872 e. The van der Waals surface area contributed by atoms with Gasteiger partial charge in [-0.25, -0.2) is 4.98 Å². The summed E-state index contributed by atoms with van der Waals surface area (Å²) < 4.78 is 0. The van der Waals surface area contributed by atoms with E-state index in [2.05, 4.69) is 4.98 Å². The Morgan fingerprint density at radius 2 is 2.45 bits per heavy atom. The summed E-state index contributed by atoms with van der Waals surface area (Å²) >= 11 is 1.56. The number of aliphatic hydroxyl groups excluding tert-OH is 1. The third-order valence-electron chi connectivity index (χ3n) is 1.97. The van der Waals surface area contributed by atoms with E-state index >= 15 is 0 Å². The normalized spacial score (nSPS) is 20.2. The van der Waals surface area contributed by atoms with Crippen molar-refractivity contribution in [1.29, 1.82) is 0 Å². The Kier molecular flexibility index (Phi) is 1.69. The van der Waals surface area contributed by atoms with Gasteiger partial charge in [-0.05, 0) is 19.8 Å². The lowest BCUT2D eigenvalue weighted by molar-refractivity contribution is 0.202. The van der Waals surface area contributed by atoms with E-state index in [4.69, 9.17) is 0 Å². The van der Waals surface area contributed by atoms with E-state index in [1.165, 1.54) is 12.8 Å². The van der Waals surface area contributed by atoms with Gasteiger partial charge in [-0.15, -0.1) is 11.3 Å². The van der Waals surface area contributed by atoms with Gasteiger partial charge in [-0.1, -0.05) is 0 Å². The lowest BCUT2D eigenvalue weighted by Crippen LogP contribution is -1.92. The molecule has 1 atom stereocenters. The highest BCUT2D eigenvalue weighted by atomic mass is 32.1. The molecule has 1 aromatic heterocycles. The molecule has 1 heterocycles. The van der Waals surface area contributed by atoms with E-state index in [-0.39, 0.29) is 6.10 Å². The third-order valence-corrected chi connectivity index (χ3v) is 2.98. The standard InChI is InChI=1S/C8H11NOS/c1-5(10)8-7(6-2-3-6)9-4-11-8/h4-6,10H,2-3H2,1H3/t5-/m1/s1. The van der Waals surface area contributed by atoms with Crippen LogP contribution in [0.4, 0.5) is 0 Å². The van der Waals surface area contributed by atoms with Crippen molar-refractivity contribution < 1.29 is 5.11 Å². The second kappa shape index (κ2) is 2.57. The molecule has 0 radical (unpaired) electrons. The summed E-state index contributed by atoms with van der Waals surface area (Å²) in [7, 11) is 0. The summed E-state index contributed by atoms with van der Waals surface area (Å²) in [4.78, 5) is 5.32. The van der Waals surface area contributed by atoms with Crippen LogP contribution in [0.1, 0.15) is 42.4 Å². The molecule has 1 N–H and O–H groups in total. The molecule has 0 aromatic carbocycles. The summed E-state index contributed by atoms with van der Waals surface area (Å²) in [5.41, 5.74) is 2.97. The monoisotopic (exact) mass is 169 g/mol. The molecule has 3 heteroatoms. The first-order valence-corrected chi connectivity index (χ1v) is 4.78. The molecule has 1 fully saturated rings. The van der Waals surface area contributed by atoms with Crippen LogP contribution in [0.15, 0.2) is 5.51 Å². The summed E-state index contributed by atoms with van der Waals surface area (Å²) in [6, 6.07) is 0. The highest BCUT2D eigenvalue weighted by Gasteiger charge is 2.29. The van der Waals surface area contributed by atoms with Gasteiger partial charge in [0, 0.05) is 5.92 Å². The molecule has 11 heavy (non-hydrogen) atoms. The van der Waals surface area contributed by atoms with Crippen LogP contribution in [0.25, 0.3) is 0 Å². The van der Waals surface area contributed by atoms with Crippen molar-refractivity contribution in [2.45, 2.75) is 31.8 Å². The maximum atomic E-state index is 9.34. The van der Waals surface area contributed by atoms with Gasteiger partial charge in [0.25, 0.3) is 0 Å². The van der Waals surface area contributed by atoms with Crippen LogP contribution in [0, 0.1) is 0 Å². The van der Waals surface area contributed by atoms with E-state index in [9.17, 15) is 5.11 Å². The zero-order valence-electron chi connectivity index (χ0n) is 6.45. The van der Waals surface area contributed by atoms with Crippen LogP contribution in [-0.4, -0.2) is 10.1 Å². The molecule has 0 amide bonds. The molecule has 2 rings (SSSR count). The van der Waals surface area contributed by atoms with E-state index in [1.807, 2.05) is 5.51 Å². The quantitative estimate of drug-likeness (QED) is 0.735. The molecule has 0 spiro atoms. The van der Waals surface area contributed by atoms with E-state index in [0.29, 0.717) is 5.92 Å². The van der Waals surface area contributed by atoms with Crippen molar-refractivity contribution in [3.8, 4) is 0 Å². The molecule has 0 saturated heterocycles. The summed E-state index contributed by atoms with van der Waals surface area (Å²) in [5, 5.41) is 9.34. The molecule has 0 bridgehead atoms. The Morgan fingerprint density at radius 1 is 1.73 bits per heavy atom. The van der Waals surface area contributed by atoms with Crippen molar-refractivity contribution in [3.05, 3.63) is 16.1 Å². The lowest BCUT2D eigenvalue weighted by Gasteiger charge is -2.01. The highest BCUT2D eigenvalue weighted by molar-refractivity contribution is 7.09. The first-order valence-electron chi connectivity index (χ1n) is 3.90. The van der Waals surface area contributed by atoms with Gasteiger partial charge >= 0.3 is 0 Å². The lowest BCUT2D eigenvalue weighted by atomic mass is 10.2. The van der Waals surface area contributed by atoms with Crippen LogP contribution >= 0.6 is 11.3 Å². The number of aromatic nitrogens is 1. The average Bonchev–Trinajstić information content (AvgIpc) is 2.68. The summed E-state index contributed by atoms with van der Waals surface area (Å²) in [5.74, 6) is 0.658. The first kappa shape index (κ1) is 7.25. The van der Waals surface area contributed by atoms with Crippen LogP contribution in [0.5, 0.6) is 0 Å². The number of hydrogen-bond donors (Lipinski definition) is 1. The predicted molar refractivity (Wildman–Crippen MR) is 44.7 cm³/mol. The molecule has 1 aliphatic rings. The Morgan fingerprint density at radius 3 is 3.00 bits per heavy atom. The average molecular weight is 169 g/mol. The van der Waals surface area contributed by atoms with Gasteiger partial charge in [-0.3, -0.25) is 0 Å². The number of aliphatic hydroxyl groups is 1. The van der Waals surface area contributed by atoms with Gasteiger partial charge in [-0.2, -0.15) is 0 Å². The van der Waals surface area contributed by atoms with Gasteiger partial charge < -0.3 is 5.11 Å². The third kappa shape index (κ3) is 1.30. The molecule has 1 saturated carbocycles. The van der Waals surface area contributed by atoms with Gasteiger partial charge in [0.15, 0.2) is 0 Å². The minimum Gasteiger partial charge on any atom is -0.388 e. The van der Waals surface area contributed by atoms with Crippen LogP contribution in [-0.2, 0) is 0 Å². The molecule has 1 aliphatic carbocycles. The minimum atomic E-state index is -0.335. The van der Waals surface area contributed by atoms with Crippen molar-refractivity contribution in [3.63, 3.8) is 0 Å². The van der Waals surface area contributed by atoms with Crippen molar-refractivity contribution in [2.24, 2.45) is 0 Å². The molecule has 0 aliphatic heterocycles. The van der Waals surface area contributed by atoms with Crippen LogP contribution < -0.4 is 0 Å². The second-order valence-corrected chi connectivity index (χ2v) is 3.94. The number of nitrogens with zero attached hydrogens (tertiary/aromatic N) is 1. The van der Waals surface area contributed by atoms with Crippen LogP contribution in [0.3, 0.4) is 0 Å². The number of thiazole rings is 1. The fourth-order valence-electron chi connectivity index (χ4n) is 1.24. The first-order chi connectivity index (χ1) is 5.29. The summed E-state index contributed by atoms with van der Waals surface area (Å²) in [6.45, 7) is 1.80. The molecular formula is C8H11NOS. The number of hydrogen-bond acceptors (Lipinski definition) is 3. The minimum absolute atomic E-state index is 0.335. The van der Waals surface area contributed by atoms with E-state index < -0.39 is 0 Å². The van der Waals surface area contributed by atoms with Crippen LogP contribution in [0.2, 0.25) is 0 Å². The van der Waals surface area contributed by atoms with Crippen molar-refractivity contribution >= 4 is 11.3 Å². The fraction of sp³-hybridized carbons (Fsp3) is 0.625. The zero-order chi connectivity index (χ0) is 7.84. The highest BCUT2D eigenvalue weighted by Crippen LogP contribution is 2.43. The van der Waals surface area contributed by atoms with Crippen molar-refractivity contribution in [1.82, 2.24) is 4.98 Å². The molecule has 2 nitrogen and oxygen atoms in total. The number of rotatable bonds is 2. The Bertz CT molecular complexity index is 236. The zero-order valence-corrected chi connectivity index (χ0v) is 7.27. The van der Waals surface area contributed by atoms with Gasteiger partial charge in [0.05, 0.1) is 22.2 Å². The molecule has 0 unspecified atom stereocenters.